The fraction of sp³-hybridized carbons (Fsp3) is 0.556. The number of nitro benzene ring substituents is 1. The molecule has 156 valence electrons. The highest BCUT2D eigenvalue weighted by atomic mass is 16.7. The van der Waals surface area contributed by atoms with E-state index in [0.717, 1.165) is 12.8 Å². The first-order valence-corrected chi connectivity index (χ1v) is 8.93. The van der Waals surface area contributed by atoms with Crippen molar-refractivity contribution in [1.82, 2.24) is 0 Å². The van der Waals surface area contributed by atoms with Crippen LogP contribution in [-0.4, -0.2) is 52.7 Å². The van der Waals surface area contributed by atoms with E-state index in [-0.39, 0.29) is 24.3 Å². The lowest BCUT2D eigenvalue weighted by Gasteiger charge is -2.18. The molecular formula is C18H25NO9. The summed E-state index contributed by atoms with van der Waals surface area (Å²) < 4.78 is 15.1. The summed E-state index contributed by atoms with van der Waals surface area (Å²) in [6.07, 6.45) is -0.267. The smallest absolute Gasteiger partial charge is 0.457 e. The van der Waals surface area contributed by atoms with Gasteiger partial charge in [-0.2, -0.15) is 0 Å². The summed E-state index contributed by atoms with van der Waals surface area (Å²) in [7, 11) is 0. The van der Waals surface area contributed by atoms with Crippen molar-refractivity contribution in [2.45, 2.75) is 51.2 Å². The minimum absolute atomic E-state index is 0.0598. The van der Waals surface area contributed by atoms with E-state index in [2.05, 4.69) is 0 Å². The Morgan fingerprint density at radius 2 is 1.71 bits per heavy atom. The van der Waals surface area contributed by atoms with Gasteiger partial charge in [-0.3, -0.25) is 14.9 Å². The van der Waals surface area contributed by atoms with E-state index >= 15 is 0 Å². The first kappa shape index (κ1) is 23.3. The molecule has 1 aromatic carbocycles. The van der Waals surface area contributed by atoms with Crippen LogP contribution in [0.25, 0.3) is 0 Å². The van der Waals surface area contributed by atoms with Crippen LogP contribution in [-0.2, 0) is 14.3 Å². The van der Waals surface area contributed by atoms with Gasteiger partial charge in [0.25, 0.3) is 5.69 Å². The summed E-state index contributed by atoms with van der Waals surface area (Å²) in [5.74, 6) is -0.528. The number of ether oxygens (including phenoxy) is 3. The molecular weight excluding hydrogens is 374 g/mol. The molecule has 0 aliphatic heterocycles. The number of hydrogen-bond donors (Lipinski definition) is 2. The van der Waals surface area contributed by atoms with Crippen LogP contribution in [0.15, 0.2) is 24.3 Å². The van der Waals surface area contributed by atoms with E-state index in [4.69, 9.17) is 24.4 Å². The van der Waals surface area contributed by atoms with Gasteiger partial charge in [-0.1, -0.05) is 19.8 Å². The number of nitrogens with zero attached hydrogens (tertiary/aromatic N) is 1. The van der Waals surface area contributed by atoms with Gasteiger partial charge in [0.15, 0.2) is 0 Å². The van der Waals surface area contributed by atoms with Crippen LogP contribution in [0.3, 0.4) is 0 Å². The van der Waals surface area contributed by atoms with Crippen LogP contribution >= 0.6 is 0 Å². The zero-order valence-corrected chi connectivity index (χ0v) is 15.6. The number of aliphatic hydroxyl groups is 2. The topological polar surface area (TPSA) is 145 Å². The Kier molecular flexibility index (Phi) is 10.5. The highest BCUT2D eigenvalue weighted by Crippen LogP contribution is 2.19. The quantitative estimate of drug-likeness (QED) is 0.234. The average molecular weight is 399 g/mol. The predicted molar refractivity (Wildman–Crippen MR) is 96.8 cm³/mol. The van der Waals surface area contributed by atoms with Gasteiger partial charge in [-0.05, 0) is 25.0 Å². The van der Waals surface area contributed by atoms with Gasteiger partial charge in [0.2, 0.25) is 0 Å². The number of carbonyl (C=O) groups excluding carboxylic acids is 2. The number of unbranched alkanes of at least 4 members (excludes halogenated alkanes) is 1. The molecule has 0 aliphatic rings. The Balaban J connectivity index is 2.55. The van der Waals surface area contributed by atoms with Crippen molar-refractivity contribution >= 4 is 17.8 Å². The third kappa shape index (κ3) is 8.78. The van der Waals surface area contributed by atoms with Gasteiger partial charge in [-0.15, -0.1) is 0 Å². The summed E-state index contributed by atoms with van der Waals surface area (Å²) in [5.41, 5.74) is -0.135. The number of hydrogen-bond acceptors (Lipinski definition) is 9. The Hall–Kier alpha value is -2.72. The standard InChI is InChI=1S/C18H25NO9/c1-2-3-4-14(9-10-17(22)26-16(11-20)12-21)27-18(23)28-15-7-5-13(6-8-15)19(24)25/h5-8,14,16,20-21H,2-4,9-12H2,1H3. The van der Waals surface area contributed by atoms with Gasteiger partial charge in [0.1, 0.15) is 18.0 Å². The molecule has 1 unspecified atom stereocenters. The van der Waals surface area contributed by atoms with Crippen LogP contribution < -0.4 is 4.74 Å². The normalized spacial score (nSPS) is 11.7. The third-order valence-corrected chi connectivity index (χ3v) is 3.77. The second-order valence-corrected chi connectivity index (χ2v) is 6.00. The second kappa shape index (κ2) is 12.6. The van der Waals surface area contributed by atoms with Crippen molar-refractivity contribution < 1.29 is 38.9 Å². The van der Waals surface area contributed by atoms with Crippen LogP contribution in [0, 0.1) is 10.1 Å². The summed E-state index contributed by atoms with van der Waals surface area (Å²) in [4.78, 5) is 33.8. The Bertz CT molecular complexity index is 628. The molecule has 0 fully saturated rings. The minimum Gasteiger partial charge on any atom is -0.457 e. The molecule has 2 N–H and O–H groups in total. The van der Waals surface area contributed by atoms with Crippen molar-refractivity contribution in [2.24, 2.45) is 0 Å². The Labute approximate surface area is 162 Å². The molecule has 0 radical (unpaired) electrons. The average Bonchev–Trinajstić information content (AvgIpc) is 2.68. The Morgan fingerprint density at radius 1 is 1.07 bits per heavy atom. The molecule has 0 saturated heterocycles. The van der Waals surface area contributed by atoms with Crippen LogP contribution in [0.1, 0.15) is 39.0 Å². The molecule has 1 rings (SSSR count). The molecule has 0 bridgehead atoms. The number of aliphatic hydroxyl groups excluding tert-OH is 2. The van der Waals surface area contributed by atoms with Crippen molar-refractivity contribution in [2.75, 3.05) is 13.2 Å². The van der Waals surface area contributed by atoms with E-state index in [0.29, 0.717) is 6.42 Å². The maximum absolute atomic E-state index is 12.0. The lowest BCUT2D eigenvalue weighted by Crippen LogP contribution is -2.27. The summed E-state index contributed by atoms with van der Waals surface area (Å²) in [6, 6.07) is 4.96. The first-order chi connectivity index (χ1) is 13.4. The molecule has 1 aromatic rings. The second-order valence-electron chi connectivity index (χ2n) is 6.00. The van der Waals surface area contributed by atoms with Crippen LogP contribution in [0.5, 0.6) is 5.75 Å². The monoisotopic (exact) mass is 399 g/mol. The molecule has 10 heteroatoms. The molecule has 0 aromatic heterocycles. The fourth-order valence-electron chi connectivity index (χ4n) is 2.24. The molecule has 0 spiro atoms. The van der Waals surface area contributed by atoms with Crippen LogP contribution in [0.2, 0.25) is 0 Å². The van der Waals surface area contributed by atoms with Gasteiger partial charge in [-0.25, -0.2) is 4.79 Å². The minimum atomic E-state index is -0.980. The lowest BCUT2D eigenvalue weighted by atomic mass is 10.1. The highest BCUT2D eigenvalue weighted by Gasteiger charge is 2.20. The summed E-state index contributed by atoms with van der Waals surface area (Å²) in [5, 5.41) is 28.4. The summed E-state index contributed by atoms with van der Waals surface area (Å²) >= 11 is 0. The third-order valence-electron chi connectivity index (χ3n) is 3.77. The van der Waals surface area contributed by atoms with Crippen molar-refractivity contribution in [1.29, 1.82) is 0 Å². The lowest BCUT2D eigenvalue weighted by molar-refractivity contribution is -0.384. The van der Waals surface area contributed by atoms with Gasteiger partial charge >= 0.3 is 12.1 Å². The molecule has 1 atom stereocenters. The van der Waals surface area contributed by atoms with Crippen molar-refractivity contribution in [3.05, 3.63) is 34.4 Å². The molecule has 0 aliphatic carbocycles. The number of carbonyl (C=O) groups is 2. The summed E-state index contributed by atoms with van der Waals surface area (Å²) in [6.45, 7) is 0.993. The zero-order chi connectivity index (χ0) is 20.9. The number of nitro groups is 1. The van der Waals surface area contributed by atoms with Gasteiger partial charge in [0, 0.05) is 18.6 Å². The SMILES string of the molecule is CCCCC(CCC(=O)OC(CO)CO)OC(=O)Oc1ccc([N+](=O)[O-])cc1. The van der Waals surface area contributed by atoms with E-state index < -0.39 is 42.5 Å². The molecule has 28 heavy (non-hydrogen) atoms. The van der Waals surface area contributed by atoms with E-state index in [1.807, 2.05) is 6.92 Å². The molecule has 0 heterocycles. The number of non-ortho nitro benzene ring substituents is 1. The molecule has 0 saturated carbocycles. The highest BCUT2D eigenvalue weighted by molar-refractivity contribution is 5.69. The maximum Gasteiger partial charge on any atom is 0.514 e. The van der Waals surface area contributed by atoms with E-state index in [9.17, 15) is 19.7 Å². The Morgan fingerprint density at radius 3 is 2.25 bits per heavy atom. The zero-order valence-electron chi connectivity index (χ0n) is 15.6. The molecule has 0 amide bonds. The van der Waals surface area contributed by atoms with E-state index in [1.54, 1.807) is 0 Å². The number of benzene rings is 1. The fourth-order valence-corrected chi connectivity index (χ4v) is 2.24. The predicted octanol–water partition coefficient (Wildman–Crippen LogP) is 2.35. The first-order valence-electron chi connectivity index (χ1n) is 8.93. The van der Waals surface area contributed by atoms with Crippen LogP contribution in [0.4, 0.5) is 10.5 Å². The van der Waals surface area contributed by atoms with Crippen molar-refractivity contribution in [3.8, 4) is 5.75 Å². The number of esters is 1. The van der Waals surface area contributed by atoms with Crippen molar-refractivity contribution in [3.63, 3.8) is 0 Å². The largest absolute Gasteiger partial charge is 0.514 e. The van der Waals surface area contributed by atoms with Gasteiger partial charge in [0.05, 0.1) is 18.1 Å². The molecule has 10 nitrogen and oxygen atoms in total. The van der Waals surface area contributed by atoms with Gasteiger partial charge < -0.3 is 24.4 Å². The maximum atomic E-state index is 12.0. The number of rotatable bonds is 12. The van der Waals surface area contributed by atoms with E-state index in [1.165, 1.54) is 24.3 Å².